The van der Waals surface area contributed by atoms with E-state index < -0.39 is 0 Å². The van der Waals surface area contributed by atoms with Crippen molar-refractivity contribution >= 4 is 16.7 Å². The number of methoxy groups -OCH3 is 2. The highest BCUT2D eigenvalue weighted by Crippen LogP contribution is 2.34. The van der Waals surface area contributed by atoms with Crippen molar-refractivity contribution < 1.29 is 18.9 Å². The number of nitrogens with one attached hydrogen (secondary N) is 1. The monoisotopic (exact) mass is 395 g/mol. The summed E-state index contributed by atoms with van der Waals surface area (Å²) in [7, 11) is 3.30. The molecule has 1 aliphatic heterocycles. The van der Waals surface area contributed by atoms with E-state index in [1.54, 1.807) is 20.5 Å². The molecule has 7 heteroatoms. The first-order chi connectivity index (χ1) is 14.3. The minimum atomic E-state index is 0.412. The van der Waals surface area contributed by atoms with Crippen LogP contribution >= 0.6 is 0 Å². The molecule has 4 rings (SSSR count). The minimum absolute atomic E-state index is 0.412. The second-order valence-corrected chi connectivity index (χ2v) is 6.98. The average Bonchev–Trinajstić information content (AvgIpc) is 3.29. The van der Waals surface area contributed by atoms with Crippen molar-refractivity contribution in [1.29, 1.82) is 0 Å². The van der Waals surface area contributed by atoms with E-state index in [0.29, 0.717) is 30.6 Å². The first-order valence-electron chi connectivity index (χ1n) is 9.67. The van der Waals surface area contributed by atoms with Crippen LogP contribution in [0.25, 0.3) is 10.9 Å². The van der Waals surface area contributed by atoms with Crippen molar-refractivity contribution in [3.63, 3.8) is 0 Å². The van der Waals surface area contributed by atoms with Crippen LogP contribution in [0.1, 0.15) is 12.0 Å². The molecule has 2 heterocycles. The van der Waals surface area contributed by atoms with E-state index in [1.165, 1.54) is 0 Å². The summed E-state index contributed by atoms with van der Waals surface area (Å²) < 4.78 is 22.2. The number of anilines is 1. The fourth-order valence-corrected chi connectivity index (χ4v) is 3.33. The number of rotatable bonds is 8. The quantitative estimate of drug-likeness (QED) is 0.624. The summed E-state index contributed by atoms with van der Waals surface area (Å²) in [6, 6.07) is 11.8. The van der Waals surface area contributed by atoms with E-state index in [9.17, 15) is 0 Å². The van der Waals surface area contributed by atoms with Crippen LogP contribution < -0.4 is 19.5 Å². The minimum Gasteiger partial charge on any atom is -0.497 e. The zero-order valence-corrected chi connectivity index (χ0v) is 16.7. The summed E-state index contributed by atoms with van der Waals surface area (Å²) in [4.78, 5) is 8.81. The van der Waals surface area contributed by atoms with Gasteiger partial charge < -0.3 is 24.3 Å². The summed E-state index contributed by atoms with van der Waals surface area (Å²) >= 11 is 0. The van der Waals surface area contributed by atoms with Crippen molar-refractivity contribution in [2.75, 3.05) is 39.4 Å². The van der Waals surface area contributed by atoms with Gasteiger partial charge >= 0.3 is 0 Å². The van der Waals surface area contributed by atoms with Gasteiger partial charge in [0.25, 0.3) is 0 Å². The standard InChI is InChI=1S/C22H25N3O4/c1-26-17-5-3-15(4-6-17)11-23-22-18-9-21(29-13-16-7-8-28-12-16)20(27-2)10-19(18)24-14-25-22/h3-6,9-10,14,16H,7-8,11-13H2,1-2H3,(H,23,24,25). The fraction of sp³-hybridized carbons (Fsp3) is 0.364. The molecule has 7 nitrogen and oxygen atoms in total. The number of aromatic nitrogens is 2. The highest BCUT2D eigenvalue weighted by molar-refractivity contribution is 5.91. The van der Waals surface area contributed by atoms with Gasteiger partial charge in [-0.25, -0.2) is 9.97 Å². The Kier molecular flexibility index (Phi) is 5.95. The van der Waals surface area contributed by atoms with E-state index >= 15 is 0 Å². The molecule has 0 spiro atoms. The van der Waals surface area contributed by atoms with Gasteiger partial charge in [0, 0.05) is 30.5 Å². The molecule has 0 radical (unpaired) electrons. The molecule has 1 aliphatic rings. The van der Waals surface area contributed by atoms with Gasteiger partial charge in [0.1, 0.15) is 17.9 Å². The van der Waals surface area contributed by atoms with Crippen LogP contribution in [0.2, 0.25) is 0 Å². The van der Waals surface area contributed by atoms with Crippen LogP contribution in [0.4, 0.5) is 5.82 Å². The first kappa shape index (κ1) is 19.3. The predicted octanol–water partition coefficient (Wildman–Crippen LogP) is 3.67. The van der Waals surface area contributed by atoms with Crippen molar-refractivity contribution in [3.05, 3.63) is 48.3 Å². The number of fused-ring (bicyclic) bond motifs is 1. The summed E-state index contributed by atoms with van der Waals surface area (Å²) in [6.45, 7) is 2.78. The van der Waals surface area contributed by atoms with Gasteiger partial charge in [-0.1, -0.05) is 12.1 Å². The molecule has 1 aromatic heterocycles. The molecule has 3 aromatic rings. The Bertz CT molecular complexity index is 956. The molecule has 29 heavy (non-hydrogen) atoms. The molecule has 2 aromatic carbocycles. The van der Waals surface area contributed by atoms with Crippen molar-refractivity contribution in [1.82, 2.24) is 9.97 Å². The van der Waals surface area contributed by atoms with Crippen LogP contribution in [0, 0.1) is 5.92 Å². The lowest BCUT2D eigenvalue weighted by atomic mass is 10.1. The topological polar surface area (TPSA) is 74.7 Å². The van der Waals surface area contributed by atoms with Crippen molar-refractivity contribution in [3.8, 4) is 17.2 Å². The Balaban J connectivity index is 1.55. The Morgan fingerprint density at radius 2 is 1.93 bits per heavy atom. The molecular formula is C22H25N3O4. The molecule has 0 bridgehead atoms. The van der Waals surface area contributed by atoms with Gasteiger partial charge in [-0.2, -0.15) is 0 Å². The third-order valence-electron chi connectivity index (χ3n) is 5.04. The summed E-state index contributed by atoms with van der Waals surface area (Å²) in [6.07, 6.45) is 2.57. The second kappa shape index (κ2) is 8.96. The molecule has 152 valence electrons. The summed E-state index contributed by atoms with van der Waals surface area (Å²) in [5.74, 6) is 3.35. The third-order valence-corrected chi connectivity index (χ3v) is 5.04. The maximum Gasteiger partial charge on any atom is 0.162 e. The maximum absolute atomic E-state index is 6.06. The molecule has 1 fully saturated rings. The van der Waals surface area contributed by atoms with Gasteiger partial charge in [-0.05, 0) is 30.2 Å². The first-order valence-corrected chi connectivity index (χ1v) is 9.67. The Hall–Kier alpha value is -3.06. The summed E-state index contributed by atoms with van der Waals surface area (Å²) in [5.41, 5.74) is 1.93. The Morgan fingerprint density at radius 3 is 2.66 bits per heavy atom. The number of benzene rings is 2. The maximum atomic E-state index is 6.06. The second-order valence-electron chi connectivity index (χ2n) is 6.98. The van der Waals surface area contributed by atoms with E-state index in [0.717, 1.165) is 47.7 Å². The SMILES string of the molecule is COc1ccc(CNc2ncnc3cc(OC)c(OCC4CCOC4)cc23)cc1. The fourth-order valence-electron chi connectivity index (χ4n) is 3.33. The highest BCUT2D eigenvalue weighted by Gasteiger charge is 2.18. The van der Waals surface area contributed by atoms with Crippen molar-refractivity contribution in [2.24, 2.45) is 5.92 Å². The lowest BCUT2D eigenvalue weighted by molar-refractivity contribution is 0.165. The molecule has 0 aliphatic carbocycles. The smallest absolute Gasteiger partial charge is 0.162 e. The number of ether oxygens (including phenoxy) is 4. The van der Waals surface area contributed by atoms with E-state index in [1.807, 2.05) is 36.4 Å². The molecule has 0 saturated carbocycles. The molecule has 1 saturated heterocycles. The normalized spacial score (nSPS) is 16.0. The van der Waals surface area contributed by atoms with Crippen LogP contribution in [0.5, 0.6) is 17.2 Å². The highest BCUT2D eigenvalue weighted by atomic mass is 16.5. The largest absolute Gasteiger partial charge is 0.497 e. The van der Waals surface area contributed by atoms with Gasteiger partial charge in [0.15, 0.2) is 11.5 Å². The zero-order valence-electron chi connectivity index (χ0n) is 16.7. The van der Waals surface area contributed by atoms with Crippen LogP contribution in [-0.2, 0) is 11.3 Å². The predicted molar refractivity (Wildman–Crippen MR) is 111 cm³/mol. The van der Waals surface area contributed by atoms with Gasteiger partial charge in [0.2, 0.25) is 0 Å². The molecule has 1 unspecified atom stereocenters. The van der Waals surface area contributed by atoms with E-state index in [4.69, 9.17) is 18.9 Å². The van der Waals surface area contributed by atoms with Crippen LogP contribution in [0.15, 0.2) is 42.7 Å². The molecule has 1 N–H and O–H groups in total. The number of nitrogens with zero attached hydrogens (tertiary/aromatic N) is 2. The van der Waals surface area contributed by atoms with Gasteiger partial charge in [-0.3, -0.25) is 0 Å². The van der Waals surface area contributed by atoms with Crippen molar-refractivity contribution in [2.45, 2.75) is 13.0 Å². The lowest BCUT2D eigenvalue weighted by Gasteiger charge is -2.15. The third kappa shape index (κ3) is 4.51. The Morgan fingerprint density at radius 1 is 1.07 bits per heavy atom. The van der Waals surface area contributed by atoms with Crippen LogP contribution in [0.3, 0.4) is 0 Å². The number of hydrogen-bond donors (Lipinski definition) is 1. The van der Waals surface area contributed by atoms with E-state index in [-0.39, 0.29) is 0 Å². The zero-order chi connectivity index (χ0) is 20.1. The molecule has 1 atom stereocenters. The van der Waals surface area contributed by atoms with Gasteiger partial charge in [-0.15, -0.1) is 0 Å². The number of hydrogen-bond acceptors (Lipinski definition) is 7. The molecule has 0 amide bonds. The lowest BCUT2D eigenvalue weighted by Crippen LogP contribution is -2.12. The molecular weight excluding hydrogens is 370 g/mol. The van der Waals surface area contributed by atoms with E-state index in [2.05, 4.69) is 15.3 Å². The van der Waals surface area contributed by atoms with Gasteiger partial charge in [0.05, 0.1) is 33.0 Å². The average molecular weight is 395 g/mol. The summed E-state index contributed by atoms with van der Waals surface area (Å²) in [5, 5.41) is 4.28. The Labute approximate surface area is 170 Å². The van der Waals surface area contributed by atoms with Crippen LogP contribution in [-0.4, -0.2) is 44.0 Å².